The summed E-state index contributed by atoms with van der Waals surface area (Å²) >= 11 is 0. The minimum atomic E-state index is -4.64. The van der Waals surface area contributed by atoms with Gasteiger partial charge in [-0.15, -0.1) is 0 Å². The van der Waals surface area contributed by atoms with E-state index in [1.807, 2.05) is 0 Å². The quantitative estimate of drug-likeness (QED) is 0.231. The van der Waals surface area contributed by atoms with Crippen LogP contribution in [0.1, 0.15) is 0 Å². The van der Waals surface area contributed by atoms with Crippen LogP contribution < -0.4 is 0 Å². The van der Waals surface area contributed by atoms with Crippen LogP contribution in [0.5, 0.6) is 0 Å². The minimum absolute atomic E-state index is 0.641. The molecule has 3 atom stereocenters. The molecule has 0 aromatic rings. The van der Waals surface area contributed by atoms with E-state index in [9.17, 15) is 0 Å². The molecule has 8 N–H and O–H groups in total. The predicted molar refractivity (Wildman–Crippen MR) is 46.5 cm³/mol. The van der Waals surface area contributed by atoms with Crippen molar-refractivity contribution in [1.29, 1.82) is 0 Å². The summed E-state index contributed by atoms with van der Waals surface area (Å²) in [5, 5.41) is 42.6. The lowest BCUT2D eigenvalue weighted by molar-refractivity contribution is -0.0900. The number of hydrogen-bond donors (Lipinski definition) is 8. The molecule has 0 heterocycles. The normalized spacial score (nSPS) is 17.3. The van der Waals surface area contributed by atoms with Gasteiger partial charge < -0.3 is 40.2 Å². The summed E-state index contributed by atoms with van der Waals surface area (Å²) in [5.41, 5.74) is 0. The molecule has 0 aliphatic heterocycles. The molecule has 0 amide bonds. The molecule has 0 spiro atoms. The summed E-state index contributed by atoms with van der Waals surface area (Å²) < 4.78 is 8.88. The van der Waals surface area contributed by atoms with E-state index in [0.717, 1.165) is 0 Å². The minimum Gasteiger partial charge on any atom is -0.394 e. The van der Waals surface area contributed by atoms with Crippen molar-refractivity contribution in [2.24, 2.45) is 0 Å². The van der Waals surface area contributed by atoms with Gasteiger partial charge in [0.05, 0.1) is 13.2 Å². The van der Waals surface area contributed by atoms with Crippen LogP contribution in [0.15, 0.2) is 0 Å². The van der Waals surface area contributed by atoms with E-state index in [0.29, 0.717) is 0 Å². The lowest BCUT2D eigenvalue weighted by Crippen LogP contribution is -2.41. The van der Waals surface area contributed by atoms with E-state index in [-0.39, 0.29) is 0 Å². The van der Waals surface area contributed by atoms with Crippen molar-refractivity contribution in [3.8, 4) is 0 Å². The standard InChI is InChI=1S/C5H12O5.H3O4P/c6-1-3(8)5(10)4(9)2-7;1-5(2,3)4/h3-10H,1-2H2;(H3,1,2,3,4)/t3-,4+,5+;. The molecule has 0 radical (unpaired) electrons. The van der Waals surface area contributed by atoms with Crippen LogP contribution in [0.4, 0.5) is 0 Å². The van der Waals surface area contributed by atoms with Crippen molar-refractivity contribution in [1.82, 2.24) is 0 Å². The maximum Gasteiger partial charge on any atom is 0.466 e. The number of phosphoric acid groups is 1. The first-order valence-corrected chi connectivity index (χ1v) is 5.24. The largest absolute Gasteiger partial charge is 0.466 e. The predicted octanol–water partition coefficient (Wildman–Crippen LogP) is -3.87. The van der Waals surface area contributed by atoms with Crippen molar-refractivity contribution in [3.63, 3.8) is 0 Å². The number of rotatable bonds is 4. The average molecular weight is 250 g/mol. The van der Waals surface area contributed by atoms with Gasteiger partial charge in [-0.2, -0.15) is 0 Å². The summed E-state index contributed by atoms with van der Waals surface area (Å²) in [6, 6.07) is 0. The first-order valence-electron chi connectivity index (χ1n) is 3.67. The Labute approximate surface area is 85.1 Å². The van der Waals surface area contributed by atoms with E-state index in [2.05, 4.69) is 0 Å². The summed E-state index contributed by atoms with van der Waals surface area (Å²) in [6.45, 7) is -1.28. The van der Waals surface area contributed by atoms with Gasteiger partial charge in [0.1, 0.15) is 18.3 Å². The molecule has 9 nitrogen and oxygen atoms in total. The second-order valence-corrected chi connectivity index (χ2v) is 3.53. The molecule has 15 heavy (non-hydrogen) atoms. The first-order chi connectivity index (χ1) is 6.63. The molecule has 0 bridgehead atoms. The molecule has 0 saturated heterocycles. The number of aliphatic hydroxyl groups is 5. The van der Waals surface area contributed by atoms with Crippen molar-refractivity contribution in [2.75, 3.05) is 13.2 Å². The zero-order chi connectivity index (χ0) is 12.6. The highest BCUT2D eigenvalue weighted by molar-refractivity contribution is 7.45. The smallest absolute Gasteiger partial charge is 0.394 e. The molecular formula is C5H15O9P. The number of aliphatic hydroxyl groups excluding tert-OH is 5. The summed E-state index contributed by atoms with van der Waals surface area (Å²) in [5.74, 6) is 0. The maximum absolute atomic E-state index is 8.88. The third kappa shape index (κ3) is 13.9. The second kappa shape index (κ2) is 8.11. The Bertz CT molecular complexity index is 173. The van der Waals surface area contributed by atoms with Gasteiger partial charge in [-0.1, -0.05) is 0 Å². The third-order valence-corrected chi connectivity index (χ3v) is 1.16. The molecule has 0 fully saturated rings. The molecule has 0 rings (SSSR count). The van der Waals surface area contributed by atoms with E-state index in [4.69, 9.17) is 44.8 Å². The van der Waals surface area contributed by atoms with Gasteiger partial charge in [-0.3, -0.25) is 0 Å². The molecule has 0 unspecified atom stereocenters. The fraction of sp³-hybridized carbons (Fsp3) is 1.00. The zero-order valence-corrected chi connectivity index (χ0v) is 8.47. The molecule has 10 heteroatoms. The van der Waals surface area contributed by atoms with Crippen LogP contribution in [0.25, 0.3) is 0 Å². The first kappa shape index (κ1) is 17.3. The monoisotopic (exact) mass is 250 g/mol. The highest BCUT2D eigenvalue weighted by Crippen LogP contribution is 2.25. The van der Waals surface area contributed by atoms with Crippen LogP contribution in [0, 0.1) is 0 Å². The zero-order valence-electron chi connectivity index (χ0n) is 7.58. The van der Waals surface area contributed by atoms with Gasteiger partial charge in [0, 0.05) is 0 Å². The van der Waals surface area contributed by atoms with Crippen molar-refractivity contribution < 1.29 is 44.8 Å². The highest BCUT2D eigenvalue weighted by atomic mass is 31.2. The van der Waals surface area contributed by atoms with Gasteiger partial charge in [0.15, 0.2) is 0 Å². The molecule has 94 valence electrons. The van der Waals surface area contributed by atoms with E-state index >= 15 is 0 Å². The third-order valence-electron chi connectivity index (χ3n) is 1.16. The lowest BCUT2D eigenvalue weighted by Gasteiger charge is -2.19. The highest BCUT2D eigenvalue weighted by Gasteiger charge is 2.22. The summed E-state index contributed by atoms with van der Waals surface area (Å²) in [7, 11) is -4.64. The molecular weight excluding hydrogens is 235 g/mol. The fourth-order valence-corrected chi connectivity index (χ4v) is 0.472. The Hall–Kier alpha value is -0.0900. The Morgan fingerprint density at radius 1 is 0.867 bits per heavy atom. The molecule has 0 aliphatic rings. The topological polar surface area (TPSA) is 179 Å². The molecule has 0 aromatic carbocycles. The molecule has 0 aliphatic carbocycles. The van der Waals surface area contributed by atoms with Gasteiger partial charge in [0.25, 0.3) is 0 Å². The maximum atomic E-state index is 8.88. The van der Waals surface area contributed by atoms with Crippen LogP contribution >= 0.6 is 7.82 Å². The Morgan fingerprint density at radius 3 is 1.20 bits per heavy atom. The van der Waals surface area contributed by atoms with Crippen LogP contribution in [0.2, 0.25) is 0 Å². The van der Waals surface area contributed by atoms with Crippen molar-refractivity contribution in [3.05, 3.63) is 0 Å². The summed E-state index contributed by atoms with van der Waals surface area (Å²) in [6.07, 6.45) is -4.29. The summed E-state index contributed by atoms with van der Waals surface area (Å²) in [4.78, 5) is 21.6. The van der Waals surface area contributed by atoms with Crippen molar-refractivity contribution >= 4 is 7.82 Å². The lowest BCUT2D eigenvalue weighted by atomic mass is 10.1. The average Bonchev–Trinajstić information content (AvgIpc) is 2.11. The second-order valence-electron chi connectivity index (χ2n) is 2.50. The van der Waals surface area contributed by atoms with Gasteiger partial charge >= 0.3 is 7.82 Å². The van der Waals surface area contributed by atoms with Crippen LogP contribution in [-0.2, 0) is 4.57 Å². The van der Waals surface area contributed by atoms with E-state index in [1.165, 1.54) is 0 Å². The molecule has 0 aromatic heterocycles. The Balaban J connectivity index is 0. The van der Waals surface area contributed by atoms with E-state index in [1.54, 1.807) is 0 Å². The Morgan fingerprint density at radius 2 is 1.07 bits per heavy atom. The number of hydrogen-bond acceptors (Lipinski definition) is 6. The Kier molecular flexibility index (Phi) is 9.36. The van der Waals surface area contributed by atoms with Crippen LogP contribution in [0.3, 0.4) is 0 Å². The SMILES string of the molecule is O=P(O)(O)O.OC[C@@H](O)[C@H](O)[C@@H](O)CO. The van der Waals surface area contributed by atoms with Gasteiger partial charge in [-0.05, 0) is 0 Å². The molecule has 0 saturated carbocycles. The van der Waals surface area contributed by atoms with Crippen molar-refractivity contribution in [2.45, 2.75) is 18.3 Å². The van der Waals surface area contributed by atoms with Crippen LogP contribution in [-0.4, -0.2) is 71.7 Å². The fourth-order valence-electron chi connectivity index (χ4n) is 0.472. The van der Waals surface area contributed by atoms with E-state index < -0.39 is 39.3 Å². The van der Waals surface area contributed by atoms with Gasteiger partial charge in [-0.25, -0.2) is 4.57 Å². The van der Waals surface area contributed by atoms with Gasteiger partial charge in [0.2, 0.25) is 0 Å².